The summed E-state index contributed by atoms with van der Waals surface area (Å²) in [6.45, 7) is 8.31. The van der Waals surface area contributed by atoms with Crippen LogP contribution in [0.4, 0.5) is 0 Å². The minimum Gasteiger partial charge on any atom is -0.380 e. The van der Waals surface area contributed by atoms with Crippen LogP contribution in [0.5, 0.6) is 0 Å². The number of nitrogens with zero attached hydrogens (tertiary/aromatic N) is 2. The third-order valence-corrected chi connectivity index (χ3v) is 5.68. The number of rotatable bonds is 5. The Balaban J connectivity index is 1.57. The van der Waals surface area contributed by atoms with Crippen LogP contribution in [0.2, 0.25) is 0 Å². The second kappa shape index (κ2) is 8.81. The maximum atomic E-state index is 12.9. The first kappa shape index (κ1) is 18.4. The number of ether oxygens (including phenoxy) is 1. The number of hydrogen-bond donors (Lipinski definition) is 0. The summed E-state index contributed by atoms with van der Waals surface area (Å²) < 4.78 is 5.19. The first-order valence-corrected chi connectivity index (χ1v) is 9.75. The molecule has 0 unspecified atom stereocenters. The molecule has 2 aliphatic rings. The molecule has 2 fully saturated rings. The highest BCUT2D eigenvalue weighted by Gasteiger charge is 2.27. The third kappa shape index (κ3) is 5.05. The lowest BCUT2D eigenvalue weighted by molar-refractivity contribution is 0.0622. The number of benzene rings is 1. The summed E-state index contributed by atoms with van der Waals surface area (Å²) in [5, 5.41) is 0. The first-order valence-electron chi connectivity index (χ1n) is 9.75. The highest BCUT2D eigenvalue weighted by atomic mass is 16.5. The van der Waals surface area contributed by atoms with E-state index in [1.807, 2.05) is 24.3 Å². The first-order chi connectivity index (χ1) is 12.2. The van der Waals surface area contributed by atoms with E-state index in [9.17, 15) is 4.79 Å². The minimum atomic E-state index is 0.176. The molecule has 0 radical (unpaired) electrons. The van der Waals surface area contributed by atoms with Crippen LogP contribution in [0.3, 0.4) is 0 Å². The second-order valence-corrected chi connectivity index (χ2v) is 7.88. The van der Waals surface area contributed by atoms with Crippen molar-refractivity contribution in [3.63, 3.8) is 0 Å². The van der Waals surface area contributed by atoms with E-state index in [-0.39, 0.29) is 5.91 Å². The van der Waals surface area contributed by atoms with Crippen LogP contribution in [-0.4, -0.2) is 55.5 Å². The van der Waals surface area contributed by atoms with E-state index < -0.39 is 0 Å². The van der Waals surface area contributed by atoms with Gasteiger partial charge in [-0.2, -0.15) is 0 Å². The molecular formula is C21H32N2O2. The molecule has 0 N–H and O–H groups in total. The molecule has 2 heterocycles. The lowest BCUT2D eigenvalue weighted by atomic mass is 9.94. The highest BCUT2D eigenvalue weighted by Crippen LogP contribution is 2.23. The lowest BCUT2D eigenvalue weighted by Crippen LogP contribution is -2.45. The van der Waals surface area contributed by atoms with Gasteiger partial charge >= 0.3 is 0 Å². The van der Waals surface area contributed by atoms with Crippen molar-refractivity contribution in [2.75, 3.05) is 39.8 Å². The quantitative estimate of drug-likeness (QED) is 0.820. The van der Waals surface area contributed by atoms with Gasteiger partial charge in [-0.25, -0.2) is 0 Å². The van der Waals surface area contributed by atoms with Crippen molar-refractivity contribution >= 4 is 5.91 Å². The zero-order valence-corrected chi connectivity index (χ0v) is 15.7. The average Bonchev–Trinajstić information content (AvgIpc) is 2.64. The molecule has 0 saturated carbocycles. The van der Waals surface area contributed by atoms with Gasteiger partial charge in [0.2, 0.25) is 0 Å². The van der Waals surface area contributed by atoms with Gasteiger partial charge in [0.15, 0.2) is 0 Å². The lowest BCUT2D eigenvalue weighted by Gasteiger charge is -2.38. The van der Waals surface area contributed by atoms with Crippen LogP contribution in [0.25, 0.3) is 0 Å². The van der Waals surface area contributed by atoms with Gasteiger partial charge in [0.05, 0.1) is 6.61 Å². The Kier molecular flexibility index (Phi) is 6.49. The van der Waals surface area contributed by atoms with Gasteiger partial charge in [-0.1, -0.05) is 19.1 Å². The molecule has 1 aromatic rings. The molecular weight excluding hydrogens is 312 g/mol. The number of likely N-dealkylation sites (tertiary alicyclic amines) is 2. The molecule has 0 aromatic heterocycles. The van der Waals surface area contributed by atoms with E-state index in [0.29, 0.717) is 12.5 Å². The molecule has 138 valence electrons. The van der Waals surface area contributed by atoms with Crippen molar-refractivity contribution in [2.24, 2.45) is 11.8 Å². The van der Waals surface area contributed by atoms with Crippen molar-refractivity contribution < 1.29 is 9.53 Å². The molecule has 1 amide bonds. The van der Waals surface area contributed by atoms with Crippen molar-refractivity contribution in [3.8, 4) is 0 Å². The molecule has 1 aromatic carbocycles. The van der Waals surface area contributed by atoms with Crippen LogP contribution >= 0.6 is 0 Å². The van der Waals surface area contributed by atoms with Crippen molar-refractivity contribution in [3.05, 3.63) is 35.4 Å². The van der Waals surface area contributed by atoms with E-state index in [2.05, 4.69) is 16.7 Å². The summed E-state index contributed by atoms with van der Waals surface area (Å²) in [5.74, 6) is 1.67. The maximum Gasteiger partial charge on any atom is 0.253 e. The predicted molar refractivity (Wildman–Crippen MR) is 101 cm³/mol. The summed E-state index contributed by atoms with van der Waals surface area (Å²) >= 11 is 0. The summed E-state index contributed by atoms with van der Waals surface area (Å²) in [7, 11) is 1.69. The molecule has 25 heavy (non-hydrogen) atoms. The van der Waals surface area contributed by atoms with Crippen molar-refractivity contribution in [1.29, 1.82) is 0 Å². The monoisotopic (exact) mass is 344 g/mol. The topological polar surface area (TPSA) is 32.8 Å². The summed E-state index contributed by atoms with van der Waals surface area (Å²) in [5.41, 5.74) is 1.85. The Morgan fingerprint density at radius 2 is 2.00 bits per heavy atom. The Hall–Kier alpha value is -1.39. The van der Waals surface area contributed by atoms with E-state index in [1.165, 1.54) is 32.4 Å². The number of hydrogen-bond acceptors (Lipinski definition) is 3. The van der Waals surface area contributed by atoms with Crippen LogP contribution in [-0.2, 0) is 11.3 Å². The van der Waals surface area contributed by atoms with E-state index in [1.54, 1.807) is 7.11 Å². The van der Waals surface area contributed by atoms with Crippen LogP contribution < -0.4 is 0 Å². The number of carbonyl (C=O) groups excluding carboxylic acids is 1. The molecule has 3 rings (SSSR count). The predicted octanol–water partition coefficient (Wildman–Crippen LogP) is 3.42. The normalized spacial score (nSPS) is 23.0. The zero-order chi connectivity index (χ0) is 17.6. The zero-order valence-electron chi connectivity index (χ0n) is 15.7. The summed E-state index contributed by atoms with van der Waals surface area (Å²) in [4.78, 5) is 17.6. The number of carbonyl (C=O) groups is 1. The van der Waals surface area contributed by atoms with E-state index in [4.69, 9.17) is 4.74 Å². The second-order valence-electron chi connectivity index (χ2n) is 7.88. The van der Waals surface area contributed by atoms with Gasteiger partial charge in [0.25, 0.3) is 5.91 Å². The van der Waals surface area contributed by atoms with Crippen LogP contribution in [0, 0.1) is 11.8 Å². The average molecular weight is 344 g/mol. The summed E-state index contributed by atoms with van der Waals surface area (Å²) in [6.07, 6.45) is 5.02. The molecule has 0 spiro atoms. The smallest absolute Gasteiger partial charge is 0.253 e. The summed E-state index contributed by atoms with van der Waals surface area (Å²) in [6, 6.07) is 7.87. The molecule has 1 atom stereocenters. The van der Waals surface area contributed by atoms with Gasteiger partial charge in [-0.05, 0) is 68.3 Å². The fourth-order valence-corrected chi connectivity index (χ4v) is 4.15. The Morgan fingerprint density at radius 3 is 2.76 bits per heavy atom. The highest BCUT2D eigenvalue weighted by molar-refractivity contribution is 5.94. The van der Waals surface area contributed by atoms with Gasteiger partial charge < -0.3 is 14.5 Å². The Bertz CT molecular complexity index is 567. The van der Waals surface area contributed by atoms with Gasteiger partial charge in [-0.3, -0.25) is 4.79 Å². The Labute approximate surface area is 152 Å². The fourth-order valence-electron chi connectivity index (χ4n) is 4.15. The van der Waals surface area contributed by atoms with Crippen molar-refractivity contribution in [2.45, 2.75) is 39.2 Å². The Morgan fingerprint density at radius 1 is 1.20 bits per heavy atom. The molecule has 4 heteroatoms. The molecule has 4 nitrogen and oxygen atoms in total. The number of methoxy groups -OCH3 is 1. The SMILES string of the molecule is COCc1cccc(C(=O)N2CCC[C@H](CN3CCC(C)CC3)C2)c1. The van der Waals surface area contributed by atoms with Crippen LogP contribution in [0.15, 0.2) is 24.3 Å². The minimum absolute atomic E-state index is 0.176. The van der Waals surface area contributed by atoms with Crippen molar-refractivity contribution in [1.82, 2.24) is 9.80 Å². The van der Waals surface area contributed by atoms with Crippen LogP contribution in [0.1, 0.15) is 48.5 Å². The number of piperidine rings is 2. The van der Waals surface area contributed by atoms with Gasteiger partial charge in [-0.15, -0.1) is 0 Å². The number of amides is 1. The third-order valence-electron chi connectivity index (χ3n) is 5.68. The molecule has 0 aliphatic carbocycles. The standard InChI is InChI=1S/C21H32N2O2/c1-17-8-11-22(12-9-17)14-19-6-4-10-23(15-19)21(24)20-7-3-5-18(13-20)16-25-2/h3,5,7,13,17,19H,4,6,8-12,14-16H2,1-2H3/t19-/m1/s1. The largest absolute Gasteiger partial charge is 0.380 e. The van der Waals surface area contributed by atoms with E-state index in [0.717, 1.165) is 43.1 Å². The maximum absolute atomic E-state index is 12.9. The molecule has 2 aliphatic heterocycles. The molecule has 0 bridgehead atoms. The van der Waals surface area contributed by atoms with E-state index >= 15 is 0 Å². The fraction of sp³-hybridized carbons (Fsp3) is 0.667. The molecule has 2 saturated heterocycles. The van der Waals surface area contributed by atoms with Gasteiger partial charge in [0, 0.05) is 32.3 Å². The van der Waals surface area contributed by atoms with Gasteiger partial charge in [0.1, 0.15) is 0 Å².